The van der Waals surface area contributed by atoms with Gasteiger partial charge in [-0.1, -0.05) is 30.3 Å². The Morgan fingerprint density at radius 2 is 1.90 bits per heavy atom. The van der Waals surface area contributed by atoms with Crippen LogP contribution in [0.15, 0.2) is 30.3 Å². The van der Waals surface area contributed by atoms with Crippen LogP contribution in [0, 0.1) is 0 Å². The molecule has 0 saturated heterocycles. The van der Waals surface area contributed by atoms with Crippen molar-refractivity contribution in [1.82, 2.24) is 0 Å². The van der Waals surface area contributed by atoms with E-state index in [1.807, 2.05) is 30.3 Å². The van der Waals surface area contributed by atoms with Crippen LogP contribution in [-0.4, -0.2) is 16.7 Å². The Morgan fingerprint density at radius 3 is 2.40 bits per heavy atom. The summed E-state index contributed by atoms with van der Waals surface area (Å²) in [6, 6.07) is 9.52. The number of benzene rings is 1. The highest BCUT2D eigenvalue weighted by atomic mass is 16.5. The van der Waals surface area contributed by atoms with Crippen LogP contribution in [-0.2, 0) is 6.54 Å². The molecule has 0 aliphatic heterocycles. The van der Waals surface area contributed by atoms with Gasteiger partial charge in [-0.05, 0) is 4.74 Å². The fraction of sp³-hybridized carbons (Fsp3) is 0.125. The lowest BCUT2D eigenvalue weighted by Gasteiger charge is -1.90. The van der Waals surface area contributed by atoms with Crippen LogP contribution in [0.5, 0.6) is 0 Å². The maximum Gasteiger partial charge on any atom is 0.283 e. The minimum atomic E-state index is 0.362. The molecule has 0 aliphatic carbocycles. The number of hydrogen-bond donors (Lipinski definition) is 1. The van der Waals surface area contributed by atoms with E-state index in [1.54, 1.807) is 0 Å². The van der Waals surface area contributed by atoms with E-state index in [2.05, 4.69) is 0 Å². The van der Waals surface area contributed by atoms with E-state index in [-0.39, 0.29) is 0 Å². The minimum absolute atomic E-state index is 0.362. The van der Waals surface area contributed by atoms with Crippen molar-refractivity contribution in [2.24, 2.45) is 0 Å². The van der Waals surface area contributed by atoms with E-state index < -0.39 is 0 Å². The minimum Gasteiger partial charge on any atom is -0.290 e. The van der Waals surface area contributed by atoms with Gasteiger partial charge in [0.25, 0.3) is 6.72 Å². The first-order valence-corrected chi connectivity index (χ1v) is 3.04. The molecule has 0 saturated carbocycles. The van der Waals surface area contributed by atoms with Gasteiger partial charge in [-0.25, -0.2) is 0 Å². The van der Waals surface area contributed by atoms with Crippen LogP contribution in [0.2, 0.25) is 0 Å². The Hall–Kier alpha value is -1.31. The number of nitrogens with zero attached hydrogens (tertiary/aromatic N) is 1. The normalized spacial score (nSPS) is 9.20. The summed E-state index contributed by atoms with van der Waals surface area (Å²) in [5, 5.41) is 8.62. The molecular weight excluding hydrogens is 126 g/mol. The van der Waals surface area contributed by atoms with Gasteiger partial charge in [0, 0.05) is 5.56 Å². The number of hydrogen-bond acceptors (Lipinski definition) is 1. The van der Waals surface area contributed by atoms with Crippen molar-refractivity contribution in [2.75, 3.05) is 0 Å². The summed E-state index contributed by atoms with van der Waals surface area (Å²) in [5.41, 5.74) is 0.993. The molecule has 0 spiro atoms. The van der Waals surface area contributed by atoms with Gasteiger partial charge in [-0.15, -0.1) is 0 Å². The van der Waals surface area contributed by atoms with Gasteiger partial charge in [0.05, 0.1) is 0 Å². The molecule has 0 aliphatic rings. The lowest BCUT2D eigenvalue weighted by atomic mass is 10.2. The molecule has 0 atom stereocenters. The fourth-order valence-electron chi connectivity index (χ4n) is 0.770. The molecule has 51 valence electrons. The monoisotopic (exact) mass is 135 g/mol. The fourth-order valence-corrected chi connectivity index (χ4v) is 0.770. The van der Waals surface area contributed by atoms with Crippen molar-refractivity contribution in [2.45, 2.75) is 6.54 Å². The molecule has 10 heavy (non-hydrogen) atoms. The lowest BCUT2D eigenvalue weighted by molar-refractivity contribution is -0.780. The largest absolute Gasteiger partial charge is 0.290 e. The topological polar surface area (TPSA) is 23.2 Å². The quantitative estimate of drug-likeness (QED) is 0.280. The molecule has 1 aromatic rings. The maximum absolute atomic E-state index is 8.62. The lowest BCUT2D eigenvalue weighted by Crippen LogP contribution is -2.01. The molecule has 0 amide bonds. The van der Waals surface area contributed by atoms with Gasteiger partial charge in [-0.2, -0.15) is 0 Å². The Labute approximate surface area is 60.0 Å². The second-order valence-corrected chi connectivity index (χ2v) is 2.08. The molecule has 2 heteroatoms. The molecule has 2 nitrogen and oxygen atoms in total. The summed E-state index contributed by atoms with van der Waals surface area (Å²) in [6.07, 6.45) is 0. The second kappa shape index (κ2) is 3.01. The zero-order valence-corrected chi connectivity index (χ0v) is 5.57. The Kier molecular flexibility index (Phi) is 2.05. The molecule has 0 aromatic heterocycles. The smallest absolute Gasteiger partial charge is 0.283 e. The van der Waals surface area contributed by atoms with E-state index >= 15 is 0 Å². The Morgan fingerprint density at radius 1 is 1.30 bits per heavy atom. The molecule has 0 heterocycles. The van der Waals surface area contributed by atoms with Gasteiger partial charge in [-0.3, -0.25) is 5.21 Å². The SMILES string of the molecule is [CH]=[N+](O)Cc1ccccc1. The summed E-state index contributed by atoms with van der Waals surface area (Å²) in [6.45, 7) is 5.38. The molecule has 0 unspecified atom stereocenters. The maximum atomic E-state index is 8.62. The number of hydroxylamine groups is 1. The molecule has 1 aromatic carbocycles. The predicted molar refractivity (Wildman–Crippen MR) is 38.3 cm³/mol. The number of rotatable bonds is 2. The summed E-state index contributed by atoms with van der Waals surface area (Å²) in [4.78, 5) is 0. The van der Waals surface area contributed by atoms with Crippen LogP contribution in [0.25, 0.3) is 0 Å². The molecule has 1 rings (SSSR count). The van der Waals surface area contributed by atoms with Crippen molar-refractivity contribution in [3.8, 4) is 0 Å². The summed E-state index contributed by atoms with van der Waals surface area (Å²) >= 11 is 0. The average molecular weight is 135 g/mol. The van der Waals surface area contributed by atoms with Crippen molar-refractivity contribution >= 4 is 6.72 Å². The van der Waals surface area contributed by atoms with Crippen molar-refractivity contribution in [3.63, 3.8) is 0 Å². The highest BCUT2D eigenvalue weighted by Crippen LogP contribution is 1.97. The highest BCUT2D eigenvalue weighted by molar-refractivity contribution is 5.16. The zero-order chi connectivity index (χ0) is 7.40. The van der Waals surface area contributed by atoms with Crippen LogP contribution < -0.4 is 0 Å². The van der Waals surface area contributed by atoms with E-state index in [0.717, 1.165) is 5.56 Å². The first-order chi connectivity index (χ1) is 4.79. The van der Waals surface area contributed by atoms with Crippen LogP contribution in [0.3, 0.4) is 0 Å². The summed E-state index contributed by atoms with van der Waals surface area (Å²) in [5.74, 6) is 0. The van der Waals surface area contributed by atoms with Gasteiger partial charge in [0.15, 0.2) is 0 Å². The third-order valence-corrected chi connectivity index (χ3v) is 1.19. The average Bonchev–Trinajstić information content (AvgIpc) is 1.88. The standard InChI is InChI=1S/C8H9NO/c1-9(10)7-8-5-3-2-4-6-8/h1-6,10H,7H2/q+1. The first-order valence-electron chi connectivity index (χ1n) is 3.04. The summed E-state index contributed by atoms with van der Waals surface area (Å²) in [7, 11) is 0. The van der Waals surface area contributed by atoms with E-state index in [9.17, 15) is 0 Å². The molecule has 1 radical (unpaired) electrons. The molecule has 0 fully saturated rings. The Bertz CT molecular complexity index is 218. The zero-order valence-electron chi connectivity index (χ0n) is 5.57. The highest BCUT2D eigenvalue weighted by Gasteiger charge is 1.97. The van der Waals surface area contributed by atoms with Gasteiger partial charge in [0.1, 0.15) is 0 Å². The van der Waals surface area contributed by atoms with Crippen molar-refractivity contribution in [3.05, 3.63) is 35.9 Å². The second-order valence-electron chi connectivity index (χ2n) is 2.08. The third-order valence-electron chi connectivity index (χ3n) is 1.19. The third kappa shape index (κ3) is 1.90. The van der Waals surface area contributed by atoms with Gasteiger partial charge < -0.3 is 0 Å². The molecular formula is C8H9NO+. The van der Waals surface area contributed by atoms with Crippen LogP contribution >= 0.6 is 0 Å². The summed E-state index contributed by atoms with van der Waals surface area (Å²) < 4.78 is 0.662. The van der Waals surface area contributed by atoms with Crippen molar-refractivity contribution < 1.29 is 9.95 Å². The van der Waals surface area contributed by atoms with Crippen LogP contribution in [0.4, 0.5) is 0 Å². The first kappa shape index (κ1) is 6.81. The van der Waals surface area contributed by atoms with E-state index in [1.165, 1.54) is 0 Å². The van der Waals surface area contributed by atoms with E-state index in [4.69, 9.17) is 11.9 Å². The predicted octanol–water partition coefficient (Wildman–Crippen LogP) is 1.17. The van der Waals surface area contributed by atoms with Gasteiger partial charge >= 0.3 is 0 Å². The Balaban J connectivity index is 2.67. The molecule has 0 bridgehead atoms. The van der Waals surface area contributed by atoms with Crippen molar-refractivity contribution in [1.29, 1.82) is 0 Å². The molecule has 1 N–H and O–H groups in total. The van der Waals surface area contributed by atoms with Crippen LogP contribution in [0.1, 0.15) is 5.56 Å². The van der Waals surface area contributed by atoms with Gasteiger partial charge in [0.2, 0.25) is 6.54 Å². The van der Waals surface area contributed by atoms with E-state index in [0.29, 0.717) is 11.3 Å².